The Morgan fingerprint density at radius 3 is 1.52 bits per heavy atom. The lowest BCUT2D eigenvalue weighted by molar-refractivity contribution is 0.329. The molecular weight excluding hydrogens is 300 g/mol. The van der Waals surface area contributed by atoms with Gasteiger partial charge in [0.05, 0.1) is 10.8 Å². The lowest BCUT2D eigenvalue weighted by Crippen LogP contribution is -2.16. The molecule has 23 heavy (non-hydrogen) atoms. The molecular formula is C21H31OS+. The summed E-state index contributed by atoms with van der Waals surface area (Å²) in [6.07, 6.45) is 0. The zero-order valence-corrected chi connectivity index (χ0v) is 16.9. The normalized spacial score (nSPS) is 13.4. The number of hydrogen-bond donors (Lipinski definition) is 0. The minimum atomic E-state index is 0.000126. The first kappa shape index (κ1) is 18.2. The maximum absolute atomic E-state index is 6.25. The van der Waals surface area contributed by atoms with E-state index in [2.05, 4.69) is 85.9 Å². The predicted octanol–water partition coefficient (Wildman–Crippen LogP) is 7.18. The second kappa shape index (κ2) is 5.73. The van der Waals surface area contributed by atoms with Crippen LogP contribution < -0.4 is 0 Å². The molecule has 0 aliphatic carbocycles. The maximum Gasteiger partial charge on any atom is 0.335 e. The molecule has 0 amide bonds. The van der Waals surface area contributed by atoms with Crippen molar-refractivity contribution in [2.75, 3.05) is 0 Å². The van der Waals surface area contributed by atoms with Crippen LogP contribution in [0.15, 0.2) is 28.0 Å². The van der Waals surface area contributed by atoms with Gasteiger partial charge in [-0.1, -0.05) is 20.8 Å². The van der Waals surface area contributed by atoms with Gasteiger partial charge in [0.2, 0.25) is 0 Å². The Kier molecular flexibility index (Phi) is 4.54. The van der Waals surface area contributed by atoms with Crippen molar-refractivity contribution in [2.24, 2.45) is 0 Å². The fraction of sp³-hybridized carbons (Fsp3) is 0.571. The van der Waals surface area contributed by atoms with Crippen LogP contribution in [0.1, 0.15) is 79.4 Å². The third kappa shape index (κ3) is 4.23. The van der Waals surface area contributed by atoms with Crippen LogP contribution >= 0.6 is 11.3 Å². The van der Waals surface area contributed by atoms with Crippen molar-refractivity contribution >= 4 is 11.3 Å². The molecule has 0 N–H and O–H groups in total. The maximum atomic E-state index is 6.25. The molecule has 0 unspecified atom stereocenters. The summed E-state index contributed by atoms with van der Waals surface area (Å²) in [5, 5.41) is 2.28. The van der Waals surface area contributed by atoms with E-state index < -0.39 is 0 Å². The summed E-state index contributed by atoms with van der Waals surface area (Å²) in [5.41, 5.74) is 2.85. The number of hydrogen-bond acceptors (Lipinski definition) is 1. The van der Waals surface area contributed by atoms with E-state index in [0.29, 0.717) is 0 Å². The highest BCUT2D eigenvalue weighted by Gasteiger charge is 2.34. The van der Waals surface area contributed by atoms with Crippen molar-refractivity contribution in [1.29, 1.82) is 0 Å². The molecule has 2 heterocycles. The van der Waals surface area contributed by atoms with E-state index in [0.717, 1.165) is 11.5 Å². The van der Waals surface area contributed by atoms with Gasteiger partial charge in [0.1, 0.15) is 0 Å². The quantitative estimate of drug-likeness (QED) is 0.504. The van der Waals surface area contributed by atoms with Crippen LogP contribution in [0.4, 0.5) is 0 Å². The molecule has 0 saturated heterocycles. The molecule has 0 radical (unpaired) electrons. The Bertz CT molecular complexity index is 656. The first-order valence-corrected chi connectivity index (χ1v) is 9.25. The van der Waals surface area contributed by atoms with E-state index in [9.17, 15) is 0 Å². The highest BCUT2D eigenvalue weighted by atomic mass is 32.1. The van der Waals surface area contributed by atoms with E-state index in [1.807, 2.05) is 11.3 Å². The number of rotatable bonds is 1. The lowest BCUT2D eigenvalue weighted by Gasteiger charge is -2.16. The van der Waals surface area contributed by atoms with Crippen molar-refractivity contribution in [2.45, 2.75) is 78.6 Å². The van der Waals surface area contributed by atoms with E-state index in [1.54, 1.807) is 0 Å². The van der Waals surface area contributed by atoms with Gasteiger partial charge in [0, 0.05) is 22.6 Å². The molecule has 0 bridgehead atoms. The largest absolute Gasteiger partial charge is 0.335 e. The van der Waals surface area contributed by atoms with Gasteiger partial charge in [-0.2, -0.15) is 0 Å². The van der Waals surface area contributed by atoms with Crippen LogP contribution in [-0.2, 0) is 16.2 Å². The topological polar surface area (TPSA) is 11.3 Å². The van der Waals surface area contributed by atoms with Crippen LogP contribution in [0.5, 0.6) is 0 Å². The van der Waals surface area contributed by atoms with Gasteiger partial charge in [0.25, 0.3) is 0 Å². The zero-order chi connectivity index (χ0) is 17.6. The molecule has 0 aromatic carbocycles. The standard InChI is InChI=1S/C21H31OS/c1-19(2,3)15-12-16(23-13-15)14-10-17(20(4,5)6)22-18(11-14)21(7,8)9/h10-13H,1-9H3/q+1. The van der Waals surface area contributed by atoms with Crippen molar-refractivity contribution in [3.8, 4) is 10.4 Å². The minimum Gasteiger partial charge on any atom is -0.217 e. The lowest BCUT2D eigenvalue weighted by atomic mass is 9.87. The van der Waals surface area contributed by atoms with Gasteiger partial charge < -0.3 is 0 Å². The van der Waals surface area contributed by atoms with Gasteiger partial charge in [-0.25, -0.2) is 4.42 Å². The molecule has 2 aromatic rings. The van der Waals surface area contributed by atoms with Gasteiger partial charge in [-0.05, 0) is 64.0 Å². The molecule has 0 fully saturated rings. The summed E-state index contributed by atoms with van der Waals surface area (Å²) >= 11 is 1.83. The molecule has 126 valence electrons. The molecule has 2 heteroatoms. The molecule has 1 nitrogen and oxygen atoms in total. The summed E-state index contributed by atoms with van der Waals surface area (Å²) in [6, 6.07) is 6.76. The summed E-state index contributed by atoms with van der Waals surface area (Å²) in [4.78, 5) is 1.32. The van der Waals surface area contributed by atoms with Gasteiger partial charge >= 0.3 is 11.5 Å². The Balaban J connectivity index is 2.60. The fourth-order valence-electron chi connectivity index (χ4n) is 2.26. The predicted molar refractivity (Wildman–Crippen MR) is 103 cm³/mol. The monoisotopic (exact) mass is 331 g/mol. The molecule has 0 saturated carbocycles. The number of thiophene rings is 1. The van der Waals surface area contributed by atoms with Crippen LogP contribution in [0, 0.1) is 0 Å². The van der Waals surface area contributed by atoms with E-state index in [4.69, 9.17) is 4.42 Å². The van der Waals surface area contributed by atoms with E-state index in [1.165, 1.54) is 16.0 Å². The average Bonchev–Trinajstić information content (AvgIpc) is 2.85. The Hall–Kier alpha value is -1.15. The highest BCUT2D eigenvalue weighted by Crippen LogP contribution is 2.38. The third-order valence-electron chi connectivity index (χ3n) is 4.02. The first-order chi connectivity index (χ1) is 10.3. The van der Waals surface area contributed by atoms with Gasteiger partial charge in [0.15, 0.2) is 0 Å². The van der Waals surface area contributed by atoms with Crippen molar-refractivity contribution in [3.05, 3.63) is 40.7 Å². The summed E-state index contributed by atoms with van der Waals surface area (Å²) in [7, 11) is 0. The SMILES string of the molecule is CC(C)(C)c1csc(-c2cc(C(C)(C)C)[o+]c(C(C)(C)C)c2)c1. The average molecular weight is 332 g/mol. The van der Waals surface area contributed by atoms with Crippen LogP contribution in [0.25, 0.3) is 10.4 Å². The third-order valence-corrected chi connectivity index (χ3v) is 5.00. The van der Waals surface area contributed by atoms with Crippen molar-refractivity contribution < 1.29 is 4.42 Å². The molecule has 2 rings (SSSR count). The minimum absolute atomic E-state index is 0.000126. The van der Waals surface area contributed by atoms with Gasteiger partial charge in [-0.15, -0.1) is 11.3 Å². The molecule has 0 aliphatic heterocycles. The van der Waals surface area contributed by atoms with Crippen molar-refractivity contribution in [3.63, 3.8) is 0 Å². The second-order valence-electron chi connectivity index (χ2n) is 9.52. The molecule has 0 atom stereocenters. The zero-order valence-electron chi connectivity index (χ0n) is 16.1. The summed E-state index contributed by atoms with van der Waals surface area (Å²) < 4.78 is 6.25. The van der Waals surface area contributed by atoms with Gasteiger partial charge in [-0.3, -0.25) is 0 Å². The fourth-order valence-corrected chi connectivity index (χ4v) is 3.39. The van der Waals surface area contributed by atoms with Crippen LogP contribution in [-0.4, -0.2) is 0 Å². The summed E-state index contributed by atoms with van der Waals surface area (Å²) in [5.74, 6) is 2.09. The molecule has 0 aliphatic rings. The highest BCUT2D eigenvalue weighted by molar-refractivity contribution is 7.13. The molecule has 0 spiro atoms. The Labute approximate surface area is 145 Å². The second-order valence-corrected chi connectivity index (χ2v) is 10.4. The Morgan fingerprint density at radius 2 is 1.17 bits per heavy atom. The van der Waals surface area contributed by atoms with Crippen molar-refractivity contribution in [1.82, 2.24) is 0 Å². The first-order valence-electron chi connectivity index (χ1n) is 8.37. The smallest absolute Gasteiger partial charge is 0.217 e. The Morgan fingerprint density at radius 1 is 0.696 bits per heavy atom. The van der Waals surface area contributed by atoms with Crippen LogP contribution in [0.3, 0.4) is 0 Å². The summed E-state index contributed by atoms with van der Waals surface area (Å²) in [6.45, 7) is 20.0. The van der Waals surface area contributed by atoms with E-state index >= 15 is 0 Å². The van der Waals surface area contributed by atoms with E-state index in [-0.39, 0.29) is 16.2 Å². The molecule has 2 aromatic heterocycles. The van der Waals surface area contributed by atoms with Crippen LogP contribution in [0.2, 0.25) is 0 Å².